The number of hydrogen-bond acceptors (Lipinski definition) is 6. The molecule has 8 heteroatoms. The minimum absolute atomic E-state index is 0.0560. The molecule has 3 unspecified atom stereocenters. The summed E-state index contributed by atoms with van der Waals surface area (Å²) in [7, 11) is -3.82. The molecule has 2 aliphatic carbocycles. The molecule has 2 aromatic rings. The predicted molar refractivity (Wildman–Crippen MR) is 151 cm³/mol. The van der Waals surface area contributed by atoms with Crippen molar-refractivity contribution in [3.05, 3.63) is 34.6 Å². The molecule has 38 heavy (non-hydrogen) atoms. The lowest BCUT2D eigenvalue weighted by atomic mass is 9.65. The summed E-state index contributed by atoms with van der Waals surface area (Å²) in [5.74, 6) is 2.67. The van der Waals surface area contributed by atoms with Crippen LogP contribution >= 0.6 is 7.60 Å². The Morgan fingerprint density at radius 1 is 0.868 bits per heavy atom. The zero-order valence-corrected chi connectivity index (χ0v) is 24.2. The van der Waals surface area contributed by atoms with Crippen molar-refractivity contribution in [2.45, 2.75) is 109 Å². The van der Waals surface area contributed by atoms with E-state index in [0.29, 0.717) is 23.6 Å². The normalized spacial score (nSPS) is 33.9. The van der Waals surface area contributed by atoms with Crippen LogP contribution in [0.2, 0.25) is 0 Å². The molecule has 2 saturated carbocycles. The molecule has 1 aromatic carbocycles. The van der Waals surface area contributed by atoms with E-state index < -0.39 is 7.60 Å². The van der Waals surface area contributed by atoms with Crippen molar-refractivity contribution in [1.29, 1.82) is 0 Å². The summed E-state index contributed by atoms with van der Waals surface area (Å²) >= 11 is 0. The van der Waals surface area contributed by atoms with Gasteiger partial charge in [0.15, 0.2) is 0 Å². The first-order valence-electron chi connectivity index (χ1n) is 15.1. The van der Waals surface area contributed by atoms with Gasteiger partial charge in [0.25, 0.3) is 5.56 Å². The molecule has 2 saturated heterocycles. The van der Waals surface area contributed by atoms with Gasteiger partial charge in [-0.3, -0.25) is 14.3 Å². The first-order chi connectivity index (χ1) is 18.4. The molecule has 4 bridgehead atoms. The average molecular weight is 542 g/mol. The van der Waals surface area contributed by atoms with Gasteiger partial charge in [-0.05, 0) is 102 Å². The molecule has 7 nitrogen and oxygen atoms in total. The van der Waals surface area contributed by atoms with Gasteiger partial charge >= 0.3 is 7.60 Å². The number of benzene rings is 1. The van der Waals surface area contributed by atoms with Gasteiger partial charge in [0, 0.05) is 24.2 Å². The Bertz CT molecular complexity index is 1220. The Balaban J connectivity index is 1.35. The SMILES string of the molecule is CCOP(=O)(OCC)c1nc2ccccc2n(C2C[C@H]3CCC[C@@H](C2)N3C2C[C@H]3CC(C)C[C@@H](C2)C3)c1=O. The van der Waals surface area contributed by atoms with Crippen LogP contribution < -0.4 is 11.0 Å². The molecule has 2 aliphatic heterocycles. The summed E-state index contributed by atoms with van der Waals surface area (Å²) in [6.07, 6.45) is 12.5. The van der Waals surface area contributed by atoms with Crippen molar-refractivity contribution in [2.75, 3.05) is 13.2 Å². The maximum absolute atomic E-state index is 14.1. The van der Waals surface area contributed by atoms with Crippen molar-refractivity contribution in [1.82, 2.24) is 14.5 Å². The molecule has 208 valence electrons. The summed E-state index contributed by atoms with van der Waals surface area (Å²) < 4.78 is 26.8. The van der Waals surface area contributed by atoms with Gasteiger partial charge < -0.3 is 13.6 Å². The number of aromatic nitrogens is 2. The second kappa shape index (κ2) is 10.8. The van der Waals surface area contributed by atoms with Crippen LogP contribution in [0.25, 0.3) is 11.0 Å². The van der Waals surface area contributed by atoms with E-state index in [1.165, 1.54) is 51.4 Å². The monoisotopic (exact) mass is 541 g/mol. The van der Waals surface area contributed by atoms with E-state index >= 15 is 0 Å². The van der Waals surface area contributed by atoms with Crippen molar-refractivity contribution in [3.8, 4) is 0 Å². The first kappa shape index (κ1) is 26.7. The molecule has 6 rings (SSSR count). The number of fused-ring (bicyclic) bond motifs is 5. The van der Waals surface area contributed by atoms with Gasteiger partial charge in [0.1, 0.15) is 0 Å². The number of piperidine rings is 2. The van der Waals surface area contributed by atoms with Crippen LogP contribution in [-0.4, -0.2) is 45.8 Å². The van der Waals surface area contributed by atoms with Gasteiger partial charge in [-0.25, -0.2) is 4.98 Å². The molecule has 0 amide bonds. The largest absolute Gasteiger partial charge is 0.385 e. The van der Waals surface area contributed by atoms with E-state index in [2.05, 4.69) is 16.8 Å². The molecule has 0 radical (unpaired) electrons. The fourth-order valence-corrected chi connectivity index (χ4v) is 10.3. The van der Waals surface area contributed by atoms with Gasteiger partial charge in [-0.15, -0.1) is 0 Å². The topological polar surface area (TPSA) is 73.7 Å². The highest BCUT2D eigenvalue weighted by atomic mass is 31.2. The standard InChI is InChI=1S/C30H44N3O4P/c1-4-36-38(35,37-5-2)29-30(34)33(28-12-7-6-11-27(28)31-29)26-18-23-9-8-10-24(19-26)32(23)25-16-21-13-20(3)14-22(15-21)17-25/h6-7,11-12,20-26H,4-5,8-10,13-19H2,1-3H3/t20?,21-,22+,23-,24+,25?,26?. The van der Waals surface area contributed by atoms with Gasteiger partial charge in [0.05, 0.1) is 24.2 Å². The third-order valence-electron chi connectivity index (χ3n) is 9.78. The molecule has 4 fully saturated rings. The Morgan fingerprint density at radius 2 is 1.50 bits per heavy atom. The minimum Gasteiger partial charge on any atom is -0.304 e. The quantitative estimate of drug-likeness (QED) is 0.397. The first-order valence-corrected chi connectivity index (χ1v) is 16.6. The molecular formula is C30H44N3O4P. The Hall–Kier alpha value is -1.53. The molecular weight excluding hydrogens is 497 g/mol. The summed E-state index contributed by atoms with van der Waals surface area (Å²) in [6, 6.07) is 9.50. The fourth-order valence-electron chi connectivity index (χ4n) is 8.77. The van der Waals surface area contributed by atoms with Crippen molar-refractivity contribution in [2.24, 2.45) is 17.8 Å². The predicted octanol–water partition coefficient (Wildman–Crippen LogP) is 6.06. The van der Waals surface area contributed by atoms with Crippen LogP contribution in [0.15, 0.2) is 29.1 Å². The van der Waals surface area contributed by atoms with Crippen LogP contribution in [0.3, 0.4) is 0 Å². The van der Waals surface area contributed by atoms with Gasteiger partial charge in [-0.1, -0.05) is 25.5 Å². The smallest absolute Gasteiger partial charge is 0.304 e. The molecule has 3 heterocycles. The number of rotatable bonds is 7. The average Bonchev–Trinajstić information content (AvgIpc) is 2.87. The number of hydrogen-bond donors (Lipinski definition) is 0. The molecule has 7 atom stereocenters. The van der Waals surface area contributed by atoms with E-state index in [-0.39, 0.29) is 30.2 Å². The van der Waals surface area contributed by atoms with Crippen LogP contribution in [0.5, 0.6) is 0 Å². The summed E-state index contributed by atoms with van der Waals surface area (Å²) in [5, 5.41) is 0. The van der Waals surface area contributed by atoms with Crippen LogP contribution in [0.4, 0.5) is 0 Å². The van der Waals surface area contributed by atoms with Gasteiger partial charge in [0.2, 0.25) is 5.44 Å². The highest BCUT2D eigenvalue weighted by molar-refractivity contribution is 7.61. The van der Waals surface area contributed by atoms with E-state index in [1.807, 2.05) is 28.8 Å². The van der Waals surface area contributed by atoms with E-state index in [4.69, 9.17) is 9.05 Å². The third-order valence-corrected chi connectivity index (χ3v) is 11.8. The van der Waals surface area contributed by atoms with Crippen LogP contribution in [-0.2, 0) is 13.6 Å². The molecule has 0 spiro atoms. The minimum atomic E-state index is -3.82. The number of nitrogens with zero attached hydrogens (tertiary/aromatic N) is 3. The number of para-hydroxylation sites is 2. The van der Waals surface area contributed by atoms with Crippen molar-refractivity contribution >= 4 is 24.1 Å². The molecule has 1 aromatic heterocycles. The molecule has 0 N–H and O–H groups in total. The van der Waals surface area contributed by atoms with E-state index in [9.17, 15) is 9.36 Å². The second-order valence-electron chi connectivity index (χ2n) is 12.4. The highest BCUT2D eigenvalue weighted by Gasteiger charge is 2.46. The maximum atomic E-state index is 14.1. The van der Waals surface area contributed by atoms with Crippen molar-refractivity contribution in [3.63, 3.8) is 0 Å². The lowest BCUT2D eigenvalue weighted by molar-refractivity contribution is -0.0524. The van der Waals surface area contributed by atoms with Crippen LogP contribution in [0, 0.1) is 17.8 Å². The fraction of sp³-hybridized carbons (Fsp3) is 0.733. The second-order valence-corrected chi connectivity index (χ2v) is 14.3. The lowest BCUT2D eigenvalue weighted by Crippen LogP contribution is -2.59. The maximum Gasteiger partial charge on any atom is 0.385 e. The Morgan fingerprint density at radius 3 is 2.13 bits per heavy atom. The molecule has 4 aliphatic rings. The van der Waals surface area contributed by atoms with Gasteiger partial charge in [-0.2, -0.15) is 0 Å². The lowest BCUT2D eigenvalue weighted by Gasteiger charge is -2.55. The summed E-state index contributed by atoms with van der Waals surface area (Å²) in [6.45, 7) is 6.36. The van der Waals surface area contributed by atoms with E-state index in [0.717, 1.165) is 36.1 Å². The Labute approximate surface area is 226 Å². The summed E-state index contributed by atoms with van der Waals surface area (Å²) in [5.41, 5.74) is 1.11. The zero-order chi connectivity index (χ0) is 26.4. The zero-order valence-electron chi connectivity index (χ0n) is 23.3. The Kier molecular flexibility index (Phi) is 7.58. The summed E-state index contributed by atoms with van der Waals surface area (Å²) in [4.78, 5) is 21.6. The third kappa shape index (κ3) is 4.82. The highest BCUT2D eigenvalue weighted by Crippen LogP contribution is 2.49. The van der Waals surface area contributed by atoms with Crippen LogP contribution in [0.1, 0.15) is 91.0 Å². The van der Waals surface area contributed by atoms with Crippen molar-refractivity contribution < 1.29 is 13.6 Å². The van der Waals surface area contributed by atoms with E-state index in [1.54, 1.807) is 13.8 Å².